The summed E-state index contributed by atoms with van der Waals surface area (Å²) in [6.45, 7) is 2.52. The van der Waals surface area contributed by atoms with Crippen molar-refractivity contribution in [3.05, 3.63) is 42.0 Å². The minimum atomic E-state index is 0.574. The molecule has 17 heavy (non-hydrogen) atoms. The van der Waals surface area contributed by atoms with Crippen molar-refractivity contribution in [3.63, 3.8) is 0 Å². The maximum atomic E-state index is 5.72. The van der Waals surface area contributed by atoms with Crippen molar-refractivity contribution in [2.45, 2.75) is 13.5 Å². The van der Waals surface area contributed by atoms with Crippen LogP contribution < -0.4 is 16.8 Å². The van der Waals surface area contributed by atoms with Crippen LogP contribution in [0.4, 0.5) is 17.1 Å². The molecule has 0 aliphatic carbocycles. The predicted molar refractivity (Wildman–Crippen MR) is 69.4 cm³/mol. The van der Waals surface area contributed by atoms with Gasteiger partial charge in [0.15, 0.2) is 0 Å². The molecule has 0 aliphatic heterocycles. The van der Waals surface area contributed by atoms with Crippen LogP contribution in [0.15, 0.2) is 30.6 Å². The van der Waals surface area contributed by atoms with Crippen LogP contribution in [0.3, 0.4) is 0 Å². The van der Waals surface area contributed by atoms with Crippen LogP contribution in [0.25, 0.3) is 0 Å². The average Bonchev–Trinajstić information content (AvgIpc) is 2.33. The van der Waals surface area contributed by atoms with Crippen LogP contribution in [0.2, 0.25) is 0 Å². The van der Waals surface area contributed by atoms with E-state index in [1.165, 1.54) is 0 Å². The van der Waals surface area contributed by atoms with E-state index >= 15 is 0 Å². The van der Waals surface area contributed by atoms with E-state index in [9.17, 15) is 0 Å². The molecule has 5 N–H and O–H groups in total. The summed E-state index contributed by atoms with van der Waals surface area (Å²) in [6, 6.07) is 5.46. The molecule has 0 atom stereocenters. The van der Waals surface area contributed by atoms with Gasteiger partial charge in [0.1, 0.15) is 0 Å². The van der Waals surface area contributed by atoms with Gasteiger partial charge in [-0.15, -0.1) is 0 Å². The fourth-order valence-electron chi connectivity index (χ4n) is 1.39. The van der Waals surface area contributed by atoms with E-state index in [0.717, 1.165) is 17.1 Å². The van der Waals surface area contributed by atoms with E-state index in [1.54, 1.807) is 24.5 Å². The molecule has 0 saturated carbocycles. The molecule has 2 rings (SSSR count). The highest BCUT2D eigenvalue weighted by Crippen LogP contribution is 2.19. The molecule has 0 radical (unpaired) electrons. The van der Waals surface area contributed by atoms with Crippen LogP contribution in [-0.4, -0.2) is 9.97 Å². The zero-order valence-electron chi connectivity index (χ0n) is 9.64. The number of aryl methyl sites for hydroxylation is 1. The largest absolute Gasteiger partial charge is 0.397 e. The van der Waals surface area contributed by atoms with Crippen molar-refractivity contribution in [3.8, 4) is 0 Å². The summed E-state index contributed by atoms with van der Waals surface area (Å²) >= 11 is 0. The van der Waals surface area contributed by atoms with Gasteiger partial charge < -0.3 is 16.8 Å². The highest BCUT2D eigenvalue weighted by Gasteiger charge is 1.98. The quantitative estimate of drug-likeness (QED) is 0.695. The molecular weight excluding hydrogens is 214 g/mol. The first kappa shape index (κ1) is 11.2. The Bertz CT molecular complexity index is 507. The lowest BCUT2D eigenvalue weighted by atomic mass is 10.2. The van der Waals surface area contributed by atoms with E-state index in [1.807, 2.05) is 13.0 Å². The summed E-state index contributed by atoms with van der Waals surface area (Å²) in [6.07, 6.45) is 3.50. The fraction of sp³-hybridized carbons (Fsp3) is 0.167. The Hall–Kier alpha value is -2.30. The van der Waals surface area contributed by atoms with E-state index in [-0.39, 0.29) is 0 Å². The Labute approximate surface area is 99.9 Å². The minimum absolute atomic E-state index is 0.574. The standard InChI is InChI=1S/C12H15N5/c1-8-5-16-10(6-15-8)7-17-9-2-3-11(13)12(14)4-9/h2-6,17H,7,13-14H2,1H3. The second-order valence-electron chi connectivity index (χ2n) is 3.85. The van der Waals surface area contributed by atoms with Gasteiger partial charge >= 0.3 is 0 Å². The first-order valence-corrected chi connectivity index (χ1v) is 5.31. The number of anilines is 3. The van der Waals surface area contributed by atoms with Crippen molar-refractivity contribution in [1.29, 1.82) is 0 Å². The van der Waals surface area contributed by atoms with Crippen molar-refractivity contribution < 1.29 is 0 Å². The normalized spacial score (nSPS) is 10.2. The second-order valence-corrected chi connectivity index (χ2v) is 3.85. The first-order valence-electron chi connectivity index (χ1n) is 5.31. The Morgan fingerprint density at radius 2 is 1.94 bits per heavy atom. The summed E-state index contributed by atoms with van der Waals surface area (Å²) in [5, 5.41) is 3.21. The van der Waals surface area contributed by atoms with Crippen molar-refractivity contribution in [1.82, 2.24) is 9.97 Å². The molecule has 1 aromatic heterocycles. The molecule has 1 aromatic carbocycles. The summed E-state index contributed by atoms with van der Waals surface area (Å²) in [4.78, 5) is 8.43. The fourth-order valence-corrected chi connectivity index (χ4v) is 1.39. The molecule has 0 unspecified atom stereocenters. The highest BCUT2D eigenvalue weighted by molar-refractivity contribution is 5.69. The molecule has 0 amide bonds. The number of benzene rings is 1. The van der Waals surface area contributed by atoms with Gasteiger partial charge in [-0.3, -0.25) is 9.97 Å². The second kappa shape index (κ2) is 4.69. The SMILES string of the molecule is Cc1cnc(CNc2ccc(N)c(N)c2)cn1. The van der Waals surface area contributed by atoms with Crippen LogP contribution in [0.5, 0.6) is 0 Å². The number of rotatable bonds is 3. The van der Waals surface area contributed by atoms with E-state index < -0.39 is 0 Å². The lowest BCUT2D eigenvalue weighted by Crippen LogP contribution is -2.03. The van der Waals surface area contributed by atoms with Gasteiger partial charge in [-0.2, -0.15) is 0 Å². The Morgan fingerprint density at radius 3 is 2.59 bits per heavy atom. The lowest BCUT2D eigenvalue weighted by Gasteiger charge is -2.07. The Morgan fingerprint density at radius 1 is 1.12 bits per heavy atom. The van der Waals surface area contributed by atoms with Gasteiger partial charge in [-0.05, 0) is 25.1 Å². The smallest absolute Gasteiger partial charge is 0.0777 e. The summed E-state index contributed by atoms with van der Waals surface area (Å²) in [5.41, 5.74) is 15.2. The monoisotopic (exact) mass is 229 g/mol. The summed E-state index contributed by atoms with van der Waals surface area (Å²) in [5.74, 6) is 0. The van der Waals surface area contributed by atoms with Gasteiger partial charge in [0.2, 0.25) is 0 Å². The molecule has 0 saturated heterocycles. The molecule has 88 valence electrons. The third-order valence-corrected chi connectivity index (χ3v) is 2.39. The molecular formula is C12H15N5. The highest BCUT2D eigenvalue weighted by atomic mass is 14.9. The topological polar surface area (TPSA) is 89.8 Å². The molecule has 0 aliphatic rings. The van der Waals surface area contributed by atoms with Crippen LogP contribution in [0.1, 0.15) is 11.4 Å². The summed E-state index contributed by atoms with van der Waals surface area (Å²) in [7, 11) is 0. The number of hydrogen-bond acceptors (Lipinski definition) is 5. The van der Waals surface area contributed by atoms with Crippen LogP contribution >= 0.6 is 0 Å². The first-order chi connectivity index (χ1) is 8.15. The lowest BCUT2D eigenvalue weighted by molar-refractivity contribution is 0.985. The number of nitrogen functional groups attached to an aromatic ring is 2. The zero-order valence-corrected chi connectivity index (χ0v) is 9.64. The predicted octanol–water partition coefficient (Wildman–Crippen LogP) is 1.56. The molecule has 5 nitrogen and oxygen atoms in total. The average molecular weight is 229 g/mol. The molecule has 0 spiro atoms. The maximum absolute atomic E-state index is 5.72. The third kappa shape index (κ3) is 2.84. The van der Waals surface area contributed by atoms with Crippen molar-refractivity contribution in [2.24, 2.45) is 0 Å². The molecule has 0 bridgehead atoms. The Kier molecular flexibility index (Phi) is 3.09. The molecule has 0 fully saturated rings. The number of nitrogens with one attached hydrogen (secondary N) is 1. The van der Waals surface area contributed by atoms with Gasteiger partial charge in [0.25, 0.3) is 0 Å². The van der Waals surface area contributed by atoms with Crippen molar-refractivity contribution in [2.75, 3.05) is 16.8 Å². The number of hydrogen-bond donors (Lipinski definition) is 3. The third-order valence-electron chi connectivity index (χ3n) is 2.39. The van der Waals surface area contributed by atoms with Crippen LogP contribution in [-0.2, 0) is 6.54 Å². The van der Waals surface area contributed by atoms with Gasteiger partial charge in [0.05, 0.1) is 35.5 Å². The number of nitrogens with zero attached hydrogens (tertiary/aromatic N) is 2. The van der Waals surface area contributed by atoms with E-state index in [0.29, 0.717) is 17.9 Å². The molecule has 1 heterocycles. The maximum Gasteiger partial charge on any atom is 0.0777 e. The Balaban J connectivity index is 2.02. The number of nitrogens with two attached hydrogens (primary N) is 2. The molecule has 2 aromatic rings. The van der Waals surface area contributed by atoms with E-state index in [4.69, 9.17) is 11.5 Å². The zero-order chi connectivity index (χ0) is 12.3. The van der Waals surface area contributed by atoms with E-state index in [2.05, 4.69) is 15.3 Å². The van der Waals surface area contributed by atoms with Gasteiger partial charge in [-0.1, -0.05) is 0 Å². The van der Waals surface area contributed by atoms with Gasteiger partial charge in [0, 0.05) is 11.9 Å². The minimum Gasteiger partial charge on any atom is -0.397 e. The van der Waals surface area contributed by atoms with Crippen molar-refractivity contribution >= 4 is 17.1 Å². The summed E-state index contributed by atoms with van der Waals surface area (Å²) < 4.78 is 0. The van der Waals surface area contributed by atoms with Crippen LogP contribution in [0, 0.1) is 6.92 Å². The van der Waals surface area contributed by atoms with Gasteiger partial charge in [-0.25, -0.2) is 0 Å². The molecule has 5 heteroatoms. The number of aromatic nitrogens is 2.